The summed E-state index contributed by atoms with van der Waals surface area (Å²) in [6.45, 7) is 2.84. The van der Waals surface area contributed by atoms with Crippen molar-refractivity contribution in [2.75, 3.05) is 27.2 Å². The van der Waals surface area contributed by atoms with E-state index in [1.54, 1.807) is 20.4 Å². The lowest BCUT2D eigenvalue weighted by atomic mass is 10.00. The van der Waals surface area contributed by atoms with Crippen LogP contribution >= 0.6 is 24.0 Å². The van der Waals surface area contributed by atoms with Crippen LogP contribution in [0.3, 0.4) is 0 Å². The second-order valence-corrected chi connectivity index (χ2v) is 7.14. The third-order valence-electron chi connectivity index (χ3n) is 4.76. The summed E-state index contributed by atoms with van der Waals surface area (Å²) in [5.41, 5.74) is 1.18. The number of amides is 1. The van der Waals surface area contributed by atoms with Crippen LogP contribution in [0.5, 0.6) is 0 Å². The molecule has 1 atom stereocenters. The van der Waals surface area contributed by atoms with Gasteiger partial charge in [-0.3, -0.25) is 4.79 Å². The molecule has 0 spiro atoms. The summed E-state index contributed by atoms with van der Waals surface area (Å²) in [7, 11) is 3.46. The minimum Gasteiger partial charge on any atom is -0.469 e. The Balaban J connectivity index is 0.00000320. The monoisotopic (exact) mass is 520 g/mol. The van der Waals surface area contributed by atoms with Crippen LogP contribution in [-0.4, -0.2) is 44.0 Å². The Kier molecular flexibility index (Phi) is 9.16. The number of furan rings is 1. The van der Waals surface area contributed by atoms with Gasteiger partial charge < -0.3 is 20.0 Å². The van der Waals surface area contributed by atoms with Crippen LogP contribution in [-0.2, 0) is 11.2 Å². The Morgan fingerprint density at radius 2 is 1.87 bits per heavy atom. The third kappa shape index (κ3) is 6.48. The number of carbonyl (C=O) groups excluding carboxylic acids is 1. The number of nitrogens with one attached hydrogen (secondary N) is 2. The van der Waals surface area contributed by atoms with Crippen LogP contribution in [0.2, 0.25) is 0 Å². The molecular weight excluding hydrogens is 491 g/mol. The smallest absolute Gasteiger partial charge is 0.243 e. The number of carbonyl (C=O) groups is 1. The molecule has 1 aromatic heterocycles. The molecule has 2 aromatic carbocycles. The van der Waals surface area contributed by atoms with E-state index in [2.05, 4.69) is 52.9 Å². The zero-order valence-electron chi connectivity index (χ0n) is 17.6. The van der Waals surface area contributed by atoms with E-state index in [1.807, 2.05) is 24.3 Å². The van der Waals surface area contributed by atoms with Gasteiger partial charge in [-0.1, -0.05) is 42.5 Å². The maximum absolute atomic E-state index is 12.0. The molecule has 6 nitrogen and oxygen atoms in total. The largest absolute Gasteiger partial charge is 0.469 e. The Labute approximate surface area is 194 Å². The van der Waals surface area contributed by atoms with Crippen LogP contribution in [0.1, 0.15) is 24.3 Å². The molecule has 0 radical (unpaired) electrons. The minimum atomic E-state index is -0.0463. The first-order valence-corrected chi connectivity index (χ1v) is 9.79. The normalized spacial score (nSPS) is 12.2. The molecule has 0 aliphatic heterocycles. The lowest BCUT2D eigenvalue weighted by Gasteiger charge is -2.20. The summed E-state index contributed by atoms with van der Waals surface area (Å²) in [5, 5.41) is 9.15. The molecule has 0 saturated carbocycles. The Morgan fingerprint density at radius 3 is 2.60 bits per heavy atom. The van der Waals surface area contributed by atoms with Crippen molar-refractivity contribution in [2.24, 2.45) is 4.99 Å². The highest BCUT2D eigenvalue weighted by Gasteiger charge is 2.12. The van der Waals surface area contributed by atoms with E-state index < -0.39 is 0 Å². The van der Waals surface area contributed by atoms with Gasteiger partial charge >= 0.3 is 0 Å². The molecule has 1 unspecified atom stereocenters. The molecule has 1 heterocycles. The van der Waals surface area contributed by atoms with Crippen molar-refractivity contribution in [3.63, 3.8) is 0 Å². The van der Waals surface area contributed by atoms with Crippen molar-refractivity contribution >= 4 is 46.6 Å². The van der Waals surface area contributed by atoms with E-state index in [0.717, 1.165) is 12.2 Å². The topological polar surface area (TPSA) is 69.9 Å². The third-order valence-corrected chi connectivity index (χ3v) is 4.76. The Hall–Kier alpha value is -2.55. The van der Waals surface area contributed by atoms with Crippen molar-refractivity contribution in [3.8, 4) is 0 Å². The van der Waals surface area contributed by atoms with Gasteiger partial charge in [0, 0.05) is 27.1 Å². The van der Waals surface area contributed by atoms with Gasteiger partial charge in [-0.15, -0.1) is 24.0 Å². The molecule has 0 fully saturated rings. The summed E-state index contributed by atoms with van der Waals surface area (Å²) in [4.78, 5) is 18.0. The fourth-order valence-corrected chi connectivity index (χ4v) is 3.11. The van der Waals surface area contributed by atoms with Gasteiger partial charge in [0.2, 0.25) is 5.91 Å². The number of benzene rings is 2. The van der Waals surface area contributed by atoms with Crippen LogP contribution in [0.4, 0.5) is 0 Å². The van der Waals surface area contributed by atoms with Crippen LogP contribution in [0.25, 0.3) is 10.8 Å². The lowest BCUT2D eigenvalue weighted by molar-refractivity contribution is -0.127. The highest BCUT2D eigenvalue weighted by atomic mass is 127. The van der Waals surface area contributed by atoms with Crippen LogP contribution in [0.15, 0.2) is 70.3 Å². The summed E-state index contributed by atoms with van der Waals surface area (Å²) in [5.74, 6) is 1.46. The first-order valence-electron chi connectivity index (χ1n) is 9.79. The molecule has 1 amide bonds. The summed E-state index contributed by atoms with van der Waals surface area (Å²) < 4.78 is 5.38. The zero-order chi connectivity index (χ0) is 20.6. The number of hydrogen-bond donors (Lipinski definition) is 2. The van der Waals surface area contributed by atoms with Crippen molar-refractivity contribution in [2.45, 2.75) is 19.4 Å². The number of rotatable bonds is 7. The second-order valence-electron chi connectivity index (χ2n) is 7.14. The van der Waals surface area contributed by atoms with E-state index in [9.17, 15) is 4.79 Å². The van der Waals surface area contributed by atoms with E-state index in [1.165, 1.54) is 21.2 Å². The van der Waals surface area contributed by atoms with Crippen molar-refractivity contribution < 1.29 is 9.21 Å². The molecule has 0 bridgehead atoms. The predicted molar refractivity (Wildman–Crippen MR) is 132 cm³/mol. The van der Waals surface area contributed by atoms with Crippen molar-refractivity contribution in [1.82, 2.24) is 15.5 Å². The van der Waals surface area contributed by atoms with E-state index in [-0.39, 0.29) is 42.5 Å². The number of nitrogens with zero attached hydrogens (tertiary/aromatic N) is 2. The first-order chi connectivity index (χ1) is 14.0. The summed E-state index contributed by atoms with van der Waals surface area (Å²) in [6, 6.07) is 18.4. The van der Waals surface area contributed by atoms with Gasteiger partial charge in [0.05, 0.1) is 12.3 Å². The molecule has 7 heteroatoms. The Morgan fingerprint density at radius 1 is 1.10 bits per heavy atom. The van der Waals surface area contributed by atoms with Crippen LogP contribution < -0.4 is 10.6 Å². The first kappa shape index (κ1) is 23.7. The fourth-order valence-electron chi connectivity index (χ4n) is 3.11. The molecule has 30 heavy (non-hydrogen) atoms. The predicted octanol–water partition coefficient (Wildman–Crippen LogP) is 3.98. The van der Waals surface area contributed by atoms with Crippen molar-refractivity contribution in [1.29, 1.82) is 0 Å². The second kappa shape index (κ2) is 11.6. The molecule has 3 aromatic rings. The molecule has 0 aliphatic rings. The average molecular weight is 520 g/mol. The maximum Gasteiger partial charge on any atom is 0.243 e. The fraction of sp³-hybridized carbons (Fsp3) is 0.304. The highest BCUT2D eigenvalue weighted by molar-refractivity contribution is 14.0. The molecular formula is C23H29IN4O2. The molecule has 0 saturated heterocycles. The number of guanidine groups is 1. The van der Waals surface area contributed by atoms with E-state index in [0.29, 0.717) is 12.5 Å². The molecule has 160 valence electrons. The molecule has 0 aliphatic carbocycles. The van der Waals surface area contributed by atoms with Gasteiger partial charge in [-0.25, -0.2) is 4.99 Å². The minimum absolute atomic E-state index is 0. The van der Waals surface area contributed by atoms with Crippen LogP contribution in [0, 0.1) is 0 Å². The maximum atomic E-state index is 12.0. The Bertz CT molecular complexity index is 965. The van der Waals surface area contributed by atoms with E-state index >= 15 is 0 Å². The van der Waals surface area contributed by atoms with E-state index in [4.69, 9.17) is 4.42 Å². The quantitative estimate of drug-likeness (QED) is 0.281. The lowest BCUT2D eigenvalue weighted by Crippen LogP contribution is -2.40. The standard InChI is InChI=1S/C23H28N4O2.HI/c1-17(20-12-6-9-18-8-4-5-11-21(18)20)26-23(25-16-22(28)27(2)3)24-14-13-19-10-7-15-29-19;/h4-12,15,17H,13-14,16H2,1-3H3,(H2,24,25,26);1H. The van der Waals surface area contributed by atoms with Crippen molar-refractivity contribution in [3.05, 3.63) is 72.2 Å². The number of likely N-dealkylation sites (N-methyl/N-ethyl adjacent to an activating group) is 1. The number of halogens is 1. The molecule has 3 rings (SSSR count). The van der Waals surface area contributed by atoms with Gasteiger partial charge in [0.1, 0.15) is 12.3 Å². The van der Waals surface area contributed by atoms with Gasteiger partial charge in [0.15, 0.2) is 5.96 Å². The summed E-state index contributed by atoms with van der Waals surface area (Å²) >= 11 is 0. The van der Waals surface area contributed by atoms with Gasteiger partial charge in [-0.2, -0.15) is 0 Å². The molecule has 2 N–H and O–H groups in total. The number of hydrogen-bond acceptors (Lipinski definition) is 3. The highest BCUT2D eigenvalue weighted by Crippen LogP contribution is 2.23. The van der Waals surface area contributed by atoms with Gasteiger partial charge in [-0.05, 0) is 35.4 Å². The van der Waals surface area contributed by atoms with Gasteiger partial charge in [0.25, 0.3) is 0 Å². The number of fused-ring (bicyclic) bond motifs is 1. The number of aliphatic imine (C=N–C) groups is 1. The summed E-state index contributed by atoms with van der Waals surface area (Å²) in [6.07, 6.45) is 2.40. The average Bonchev–Trinajstić information content (AvgIpc) is 3.24. The SMILES string of the molecule is CC(NC(=NCC(=O)N(C)C)NCCc1ccco1)c1cccc2ccccc12.I. The zero-order valence-corrected chi connectivity index (χ0v) is 19.9.